The van der Waals surface area contributed by atoms with Gasteiger partial charge in [0.1, 0.15) is 0 Å². The summed E-state index contributed by atoms with van der Waals surface area (Å²) in [6, 6.07) is 0. The SMILES string of the molecule is CC(C)OCCNC(=O)C=O. The summed E-state index contributed by atoms with van der Waals surface area (Å²) in [4.78, 5) is 20.1. The third-order valence-electron chi connectivity index (χ3n) is 0.960. The Morgan fingerprint density at radius 2 is 2.27 bits per heavy atom. The minimum atomic E-state index is -0.600. The van der Waals surface area contributed by atoms with Crippen LogP contribution in [-0.2, 0) is 14.3 Å². The van der Waals surface area contributed by atoms with E-state index in [2.05, 4.69) is 5.32 Å². The van der Waals surface area contributed by atoms with Crippen LogP contribution in [-0.4, -0.2) is 31.4 Å². The van der Waals surface area contributed by atoms with E-state index in [0.717, 1.165) is 0 Å². The second kappa shape index (κ2) is 5.85. The number of amides is 1. The van der Waals surface area contributed by atoms with Gasteiger partial charge in [-0.2, -0.15) is 0 Å². The van der Waals surface area contributed by atoms with Crippen molar-refractivity contribution >= 4 is 12.2 Å². The molecule has 0 bridgehead atoms. The average Bonchev–Trinajstić information content (AvgIpc) is 1.97. The first-order valence-electron chi connectivity index (χ1n) is 3.51. The Bertz CT molecular complexity index is 134. The zero-order chi connectivity index (χ0) is 8.69. The van der Waals surface area contributed by atoms with Gasteiger partial charge in [0, 0.05) is 6.54 Å². The first-order valence-corrected chi connectivity index (χ1v) is 3.51. The summed E-state index contributed by atoms with van der Waals surface area (Å²) in [5.41, 5.74) is 0. The number of carbonyl (C=O) groups excluding carboxylic acids is 2. The molecule has 0 atom stereocenters. The number of ether oxygens (including phenoxy) is 1. The molecule has 11 heavy (non-hydrogen) atoms. The topological polar surface area (TPSA) is 55.4 Å². The van der Waals surface area contributed by atoms with Crippen molar-refractivity contribution in [3.63, 3.8) is 0 Å². The van der Waals surface area contributed by atoms with E-state index in [4.69, 9.17) is 4.74 Å². The molecule has 0 aliphatic rings. The molecule has 4 nitrogen and oxygen atoms in total. The van der Waals surface area contributed by atoms with Crippen molar-refractivity contribution in [3.05, 3.63) is 0 Å². The van der Waals surface area contributed by atoms with Crippen LogP contribution in [0, 0.1) is 0 Å². The zero-order valence-electron chi connectivity index (χ0n) is 6.79. The maximum absolute atomic E-state index is 10.3. The molecule has 0 aromatic carbocycles. The quantitative estimate of drug-likeness (QED) is 0.341. The monoisotopic (exact) mass is 159 g/mol. The maximum Gasteiger partial charge on any atom is 0.284 e. The summed E-state index contributed by atoms with van der Waals surface area (Å²) in [5, 5.41) is 2.36. The summed E-state index contributed by atoms with van der Waals surface area (Å²) in [6.45, 7) is 4.64. The van der Waals surface area contributed by atoms with Crippen LogP contribution in [0.4, 0.5) is 0 Å². The van der Waals surface area contributed by atoms with Gasteiger partial charge >= 0.3 is 0 Å². The fourth-order valence-electron chi connectivity index (χ4n) is 0.511. The van der Waals surface area contributed by atoms with E-state index in [1.807, 2.05) is 13.8 Å². The first kappa shape index (κ1) is 10.1. The molecule has 0 rings (SSSR count). The molecule has 0 heterocycles. The van der Waals surface area contributed by atoms with Crippen LogP contribution < -0.4 is 5.32 Å². The zero-order valence-corrected chi connectivity index (χ0v) is 6.79. The number of aldehydes is 1. The minimum absolute atomic E-state index is 0.156. The van der Waals surface area contributed by atoms with Gasteiger partial charge in [0.25, 0.3) is 5.91 Å². The highest BCUT2D eigenvalue weighted by atomic mass is 16.5. The van der Waals surface area contributed by atoms with E-state index >= 15 is 0 Å². The van der Waals surface area contributed by atoms with E-state index in [1.165, 1.54) is 0 Å². The van der Waals surface area contributed by atoms with Crippen LogP contribution in [0.3, 0.4) is 0 Å². The Labute approximate surface area is 65.9 Å². The lowest BCUT2D eigenvalue weighted by atomic mass is 10.5. The van der Waals surface area contributed by atoms with Crippen LogP contribution in [0.1, 0.15) is 13.8 Å². The molecule has 0 aromatic rings. The highest BCUT2D eigenvalue weighted by molar-refractivity contribution is 6.23. The van der Waals surface area contributed by atoms with Crippen molar-refractivity contribution in [2.24, 2.45) is 0 Å². The van der Waals surface area contributed by atoms with E-state index in [-0.39, 0.29) is 12.4 Å². The highest BCUT2D eigenvalue weighted by Crippen LogP contribution is 1.84. The molecule has 0 fully saturated rings. The van der Waals surface area contributed by atoms with Crippen LogP contribution in [0.25, 0.3) is 0 Å². The fraction of sp³-hybridized carbons (Fsp3) is 0.714. The molecule has 1 amide bonds. The van der Waals surface area contributed by atoms with Crippen molar-refractivity contribution < 1.29 is 14.3 Å². The molecular weight excluding hydrogens is 146 g/mol. The molecule has 4 heteroatoms. The second-order valence-electron chi connectivity index (χ2n) is 2.33. The van der Waals surface area contributed by atoms with Crippen molar-refractivity contribution in [2.75, 3.05) is 13.2 Å². The van der Waals surface area contributed by atoms with Crippen molar-refractivity contribution in [1.82, 2.24) is 5.32 Å². The summed E-state index contributed by atoms with van der Waals surface area (Å²) in [7, 11) is 0. The molecule has 0 unspecified atom stereocenters. The first-order chi connectivity index (χ1) is 5.16. The Morgan fingerprint density at radius 3 is 2.73 bits per heavy atom. The standard InChI is InChI=1S/C7H13NO3/c1-6(2)11-4-3-8-7(10)5-9/h5-6H,3-4H2,1-2H3,(H,8,10). The molecule has 0 radical (unpaired) electrons. The molecule has 0 saturated carbocycles. The van der Waals surface area contributed by atoms with Gasteiger partial charge in [0.15, 0.2) is 0 Å². The Hall–Kier alpha value is -0.900. The van der Waals surface area contributed by atoms with E-state index < -0.39 is 5.91 Å². The lowest BCUT2D eigenvalue weighted by Crippen LogP contribution is -2.28. The van der Waals surface area contributed by atoms with Gasteiger partial charge < -0.3 is 10.1 Å². The molecule has 0 spiro atoms. The summed E-state index contributed by atoms with van der Waals surface area (Å²) >= 11 is 0. The molecule has 1 N–H and O–H groups in total. The van der Waals surface area contributed by atoms with E-state index in [9.17, 15) is 9.59 Å². The van der Waals surface area contributed by atoms with Crippen LogP contribution >= 0.6 is 0 Å². The maximum atomic E-state index is 10.3. The van der Waals surface area contributed by atoms with Gasteiger partial charge in [-0.3, -0.25) is 9.59 Å². The Balaban J connectivity index is 3.14. The van der Waals surface area contributed by atoms with Crippen LogP contribution in [0.2, 0.25) is 0 Å². The number of rotatable bonds is 5. The molecule has 0 aliphatic carbocycles. The van der Waals surface area contributed by atoms with Gasteiger partial charge in [0.2, 0.25) is 6.29 Å². The van der Waals surface area contributed by atoms with Gasteiger partial charge in [0.05, 0.1) is 12.7 Å². The number of carbonyl (C=O) groups is 2. The smallest absolute Gasteiger partial charge is 0.284 e. The summed E-state index contributed by atoms with van der Waals surface area (Å²) in [6.07, 6.45) is 0.401. The van der Waals surface area contributed by atoms with Gasteiger partial charge in [-0.05, 0) is 13.8 Å². The summed E-state index contributed by atoms with van der Waals surface area (Å²) in [5.74, 6) is -0.600. The molecule has 0 aliphatic heterocycles. The molecule has 64 valence electrons. The van der Waals surface area contributed by atoms with Crippen LogP contribution in [0.15, 0.2) is 0 Å². The number of nitrogens with one attached hydrogen (secondary N) is 1. The van der Waals surface area contributed by atoms with Crippen LogP contribution in [0.5, 0.6) is 0 Å². The average molecular weight is 159 g/mol. The third kappa shape index (κ3) is 6.99. The molecule has 0 saturated heterocycles. The van der Waals surface area contributed by atoms with Gasteiger partial charge in [-0.15, -0.1) is 0 Å². The largest absolute Gasteiger partial charge is 0.377 e. The van der Waals surface area contributed by atoms with Gasteiger partial charge in [-0.25, -0.2) is 0 Å². The van der Waals surface area contributed by atoms with E-state index in [0.29, 0.717) is 13.2 Å². The minimum Gasteiger partial charge on any atom is -0.377 e. The lowest BCUT2D eigenvalue weighted by Gasteiger charge is -2.06. The predicted molar refractivity (Wildman–Crippen MR) is 40.2 cm³/mol. The third-order valence-corrected chi connectivity index (χ3v) is 0.960. The highest BCUT2D eigenvalue weighted by Gasteiger charge is 1.96. The molecule has 0 aromatic heterocycles. The molecular formula is C7H13NO3. The van der Waals surface area contributed by atoms with Gasteiger partial charge in [-0.1, -0.05) is 0 Å². The second-order valence-corrected chi connectivity index (χ2v) is 2.33. The van der Waals surface area contributed by atoms with Crippen molar-refractivity contribution in [2.45, 2.75) is 20.0 Å². The Kier molecular flexibility index (Phi) is 5.37. The number of hydrogen-bond donors (Lipinski definition) is 1. The Morgan fingerprint density at radius 1 is 1.64 bits per heavy atom. The van der Waals surface area contributed by atoms with Crippen molar-refractivity contribution in [3.8, 4) is 0 Å². The fourth-order valence-corrected chi connectivity index (χ4v) is 0.511. The lowest BCUT2D eigenvalue weighted by molar-refractivity contribution is -0.131. The van der Waals surface area contributed by atoms with Crippen molar-refractivity contribution in [1.29, 1.82) is 0 Å². The normalized spacial score (nSPS) is 9.73. The number of hydrogen-bond acceptors (Lipinski definition) is 3. The summed E-state index contributed by atoms with van der Waals surface area (Å²) < 4.78 is 5.11. The van der Waals surface area contributed by atoms with E-state index in [1.54, 1.807) is 0 Å². The predicted octanol–water partition coefficient (Wildman–Crippen LogP) is -0.274.